The summed E-state index contributed by atoms with van der Waals surface area (Å²) >= 11 is 0. The van der Waals surface area contributed by atoms with E-state index in [2.05, 4.69) is 11.9 Å². The molecule has 0 aromatic carbocycles. The minimum atomic E-state index is -1.89. The molecule has 0 aliphatic carbocycles. The predicted molar refractivity (Wildman–Crippen MR) is 54.3 cm³/mol. The fourth-order valence-corrected chi connectivity index (χ4v) is 0.955. The van der Waals surface area contributed by atoms with Crippen molar-refractivity contribution in [3.63, 3.8) is 0 Å². The first-order chi connectivity index (χ1) is 7.45. The van der Waals surface area contributed by atoms with Gasteiger partial charge in [-0.25, -0.2) is 0 Å². The second kappa shape index (κ2) is 7.31. The van der Waals surface area contributed by atoms with Crippen molar-refractivity contribution in [2.45, 2.75) is 24.4 Å². The van der Waals surface area contributed by atoms with Crippen LogP contribution in [0.15, 0.2) is 12.7 Å². The summed E-state index contributed by atoms with van der Waals surface area (Å²) in [6.07, 6.45) is -5.84. The van der Waals surface area contributed by atoms with Gasteiger partial charge in [-0.15, -0.1) is 6.58 Å². The molecule has 0 aliphatic rings. The van der Waals surface area contributed by atoms with Crippen LogP contribution in [0.25, 0.3) is 0 Å². The number of carbonyl (C=O) groups is 1. The van der Waals surface area contributed by atoms with Gasteiger partial charge in [0, 0.05) is 6.54 Å². The summed E-state index contributed by atoms with van der Waals surface area (Å²) in [5, 5.41) is 47.5. The highest BCUT2D eigenvalue weighted by atomic mass is 16.4. The zero-order valence-electron chi connectivity index (χ0n) is 8.65. The molecule has 7 nitrogen and oxygen atoms in total. The van der Waals surface area contributed by atoms with Gasteiger partial charge < -0.3 is 30.8 Å². The van der Waals surface area contributed by atoms with E-state index in [0.29, 0.717) is 0 Å². The Labute approximate surface area is 92.7 Å². The predicted octanol–water partition coefficient (Wildman–Crippen LogP) is -3.28. The molecule has 0 aliphatic heterocycles. The van der Waals surface area contributed by atoms with Crippen molar-refractivity contribution < 1.29 is 30.3 Å². The maximum absolute atomic E-state index is 11.1. The Bertz CT molecular complexity index is 234. The molecule has 0 heterocycles. The first kappa shape index (κ1) is 15.0. The SMILES string of the molecule is C=CCNC(=O)[C@H](O)[C@@H](O)[C@H](O)[C@H](O)CO. The lowest BCUT2D eigenvalue weighted by molar-refractivity contribution is -0.148. The van der Waals surface area contributed by atoms with Crippen molar-refractivity contribution in [3.05, 3.63) is 12.7 Å². The highest BCUT2D eigenvalue weighted by molar-refractivity contribution is 5.81. The molecule has 0 unspecified atom stereocenters. The van der Waals surface area contributed by atoms with E-state index in [-0.39, 0.29) is 6.54 Å². The summed E-state index contributed by atoms with van der Waals surface area (Å²) in [6.45, 7) is 2.64. The molecule has 0 radical (unpaired) electrons. The molecule has 0 rings (SSSR count). The monoisotopic (exact) mass is 235 g/mol. The van der Waals surface area contributed by atoms with Gasteiger partial charge in [-0.2, -0.15) is 0 Å². The molecule has 0 spiro atoms. The van der Waals surface area contributed by atoms with Gasteiger partial charge in [0.15, 0.2) is 6.10 Å². The highest BCUT2D eigenvalue weighted by Crippen LogP contribution is 2.05. The van der Waals surface area contributed by atoms with Crippen LogP contribution in [-0.4, -0.2) is 69.0 Å². The Hall–Kier alpha value is -0.990. The summed E-state index contributed by atoms with van der Waals surface area (Å²) in [6, 6.07) is 0. The topological polar surface area (TPSA) is 130 Å². The normalized spacial score (nSPS) is 18.3. The maximum atomic E-state index is 11.1. The van der Waals surface area contributed by atoms with E-state index in [1.807, 2.05) is 0 Å². The fourth-order valence-electron chi connectivity index (χ4n) is 0.955. The number of hydrogen-bond donors (Lipinski definition) is 6. The van der Waals surface area contributed by atoms with E-state index in [9.17, 15) is 20.1 Å². The summed E-state index contributed by atoms with van der Waals surface area (Å²) in [5.74, 6) is -0.906. The third-order valence-corrected chi connectivity index (χ3v) is 1.94. The minimum Gasteiger partial charge on any atom is -0.394 e. The molecule has 0 saturated heterocycles. The van der Waals surface area contributed by atoms with Gasteiger partial charge >= 0.3 is 0 Å². The number of carbonyl (C=O) groups excluding carboxylic acids is 1. The first-order valence-corrected chi connectivity index (χ1v) is 4.67. The Morgan fingerprint density at radius 3 is 2.25 bits per heavy atom. The molecule has 94 valence electrons. The standard InChI is InChI=1S/C9H17NO6/c1-2-3-10-9(16)8(15)7(14)6(13)5(12)4-11/h2,5-8,11-15H,1,3-4H2,(H,10,16)/t5-,6-,7+,8-/m1/s1. The number of aliphatic hydroxyl groups is 5. The molecule has 1 amide bonds. The van der Waals surface area contributed by atoms with Crippen molar-refractivity contribution in [1.82, 2.24) is 5.32 Å². The molecule has 16 heavy (non-hydrogen) atoms. The quantitative estimate of drug-likeness (QED) is 0.257. The number of nitrogens with one attached hydrogen (secondary N) is 1. The Kier molecular flexibility index (Phi) is 6.86. The zero-order chi connectivity index (χ0) is 12.7. The third kappa shape index (κ3) is 4.25. The van der Waals surface area contributed by atoms with Gasteiger partial charge in [-0.3, -0.25) is 4.79 Å². The van der Waals surface area contributed by atoms with Crippen LogP contribution in [-0.2, 0) is 4.79 Å². The van der Waals surface area contributed by atoms with E-state index < -0.39 is 36.9 Å². The molecule has 0 aromatic heterocycles. The van der Waals surface area contributed by atoms with Crippen LogP contribution >= 0.6 is 0 Å². The molecular weight excluding hydrogens is 218 g/mol. The average Bonchev–Trinajstić information content (AvgIpc) is 2.31. The van der Waals surface area contributed by atoms with Gasteiger partial charge in [0.1, 0.15) is 18.3 Å². The van der Waals surface area contributed by atoms with Crippen LogP contribution in [0.5, 0.6) is 0 Å². The summed E-state index contributed by atoms with van der Waals surface area (Å²) in [4.78, 5) is 11.1. The van der Waals surface area contributed by atoms with Crippen LogP contribution in [0, 0.1) is 0 Å². The van der Waals surface area contributed by atoms with E-state index >= 15 is 0 Å². The Morgan fingerprint density at radius 2 is 1.81 bits per heavy atom. The number of amides is 1. The number of rotatable bonds is 7. The summed E-state index contributed by atoms with van der Waals surface area (Å²) < 4.78 is 0. The van der Waals surface area contributed by atoms with E-state index in [0.717, 1.165) is 0 Å². The van der Waals surface area contributed by atoms with Crippen LogP contribution in [0.4, 0.5) is 0 Å². The van der Waals surface area contributed by atoms with Crippen molar-refractivity contribution in [2.24, 2.45) is 0 Å². The molecular formula is C9H17NO6. The van der Waals surface area contributed by atoms with Gasteiger partial charge in [-0.05, 0) is 0 Å². The third-order valence-electron chi connectivity index (χ3n) is 1.94. The van der Waals surface area contributed by atoms with Crippen molar-refractivity contribution in [1.29, 1.82) is 0 Å². The average molecular weight is 235 g/mol. The van der Waals surface area contributed by atoms with Gasteiger partial charge in [0.05, 0.1) is 6.61 Å². The molecule has 0 bridgehead atoms. The van der Waals surface area contributed by atoms with Crippen LogP contribution in [0.3, 0.4) is 0 Å². The number of hydrogen-bond acceptors (Lipinski definition) is 6. The van der Waals surface area contributed by atoms with Crippen LogP contribution in [0.1, 0.15) is 0 Å². The summed E-state index contributed by atoms with van der Waals surface area (Å²) in [5.41, 5.74) is 0. The number of aliphatic hydroxyl groups excluding tert-OH is 5. The van der Waals surface area contributed by atoms with E-state index in [4.69, 9.17) is 10.2 Å². The van der Waals surface area contributed by atoms with Crippen molar-refractivity contribution in [2.75, 3.05) is 13.2 Å². The largest absolute Gasteiger partial charge is 0.394 e. The van der Waals surface area contributed by atoms with Crippen molar-refractivity contribution >= 4 is 5.91 Å². The Morgan fingerprint density at radius 1 is 1.25 bits per heavy atom. The van der Waals surface area contributed by atoms with Gasteiger partial charge in [-0.1, -0.05) is 6.08 Å². The molecule has 0 saturated carbocycles. The lowest BCUT2D eigenvalue weighted by Gasteiger charge is -2.24. The second-order valence-electron chi connectivity index (χ2n) is 3.21. The van der Waals surface area contributed by atoms with E-state index in [1.165, 1.54) is 6.08 Å². The summed E-state index contributed by atoms with van der Waals surface area (Å²) in [7, 11) is 0. The molecule has 0 fully saturated rings. The molecule has 7 heteroatoms. The lowest BCUT2D eigenvalue weighted by Crippen LogP contribution is -2.51. The van der Waals surface area contributed by atoms with Gasteiger partial charge in [0.2, 0.25) is 0 Å². The first-order valence-electron chi connectivity index (χ1n) is 4.67. The Balaban J connectivity index is 4.30. The minimum absolute atomic E-state index is 0.0985. The fraction of sp³-hybridized carbons (Fsp3) is 0.667. The highest BCUT2D eigenvalue weighted by Gasteiger charge is 2.33. The van der Waals surface area contributed by atoms with Gasteiger partial charge in [0.25, 0.3) is 5.91 Å². The second-order valence-corrected chi connectivity index (χ2v) is 3.21. The maximum Gasteiger partial charge on any atom is 0.251 e. The lowest BCUT2D eigenvalue weighted by atomic mass is 10.0. The molecule has 0 aromatic rings. The smallest absolute Gasteiger partial charge is 0.251 e. The van der Waals surface area contributed by atoms with Crippen LogP contribution in [0.2, 0.25) is 0 Å². The van der Waals surface area contributed by atoms with Crippen molar-refractivity contribution in [3.8, 4) is 0 Å². The van der Waals surface area contributed by atoms with Crippen LogP contribution < -0.4 is 5.32 Å². The molecule has 4 atom stereocenters. The molecule has 6 N–H and O–H groups in total. The zero-order valence-corrected chi connectivity index (χ0v) is 8.65. The van der Waals surface area contributed by atoms with E-state index in [1.54, 1.807) is 0 Å².